The lowest BCUT2D eigenvalue weighted by molar-refractivity contribution is 0.883. The van der Waals surface area contributed by atoms with Gasteiger partial charge in [0, 0.05) is 26.0 Å². The highest BCUT2D eigenvalue weighted by Gasteiger charge is 2.04. The molecule has 5 heteroatoms. The highest BCUT2D eigenvalue weighted by Crippen LogP contribution is 2.10. The summed E-state index contributed by atoms with van der Waals surface area (Å²) in [4.78, 5) is 14.1. The van der Waals surface area contributed by atoms with E-state index in [9.17, 15) is 0 Å². The third-order valence-electron chi connectivity index (χ3n) is 2.29. The molecule has 5 nitrogen and oxygen atoms in total. The molecule has 17 heavy (non-hydrogen) atoms. The van der Waals surface area contributed by atoms with Crippen molar-refractivity contribution in [2.24, 2.45) is 0 Å². The molecule has 0 amide bonds. The number of nitriles is 1. The van der Waals surface area contributed by atoms with Gasteiger partial charge < -0.3 is 4.90 Å². The van der Waals surface area contributed by atoms with Crippen LogP contribution in [-0.2, 0) is 6.54 Å². The molecule has 2 aromatic heterocycles. The smallest absolute Gasteiger partial charge is 0.158 e. The third kappa shape index (κ3) is 2.75. The second-order valence-electron chi connectivity index (χ2n) is 3.59. The fourth-order valence-corrected chi connectivity index (χ4v) is 1.42. The van der Waals surface area contributed by atoms with Crippen molar-refractivity contribution in [3.63, 3.8) is 0 Å². The zero-order valence-electron chi connectivity index (χ0n) is 9.41. The molecule has 0 unspecified atom stereocenters. The SMILES string of the molecule is CN(Cc1cccnc1)c1cnc(C#N)cn1. The first-order valence-corrected chi connectivity index (χ1v) is 5.12. The van der Waals surface area contributed by atoms with Gasteiger partial charge in [0.15, 0.2) is 5.69 Å². The van der Waals surface area contributed by atoms with Crippen molar-refractivity contribution in [2.75, 3.05) is 11.9 Å². The maximum absolute atomic E-state index is 8.63. The summed E-state index contributed by atoms with van der Waals surface area (Å²) < 4.78 is 0. The minimum atomic E-state index is 0.323. The number of anilines is 1. The molecule has 0 aromatic carbocycles. The van der Waals surface area contributed by atoms with Gasteiger partial charge in [0.2, 0.25) is 0 Å². The van der Waals surface area contributed by atoms with Gasteiger partial charge in [-0.2, -0.15) is 5.26 Å². The number of rotatable bonds is 3. The van der Waals surface area contributed by atoms with E-state index in [1.807, 2.05) is 36.3 Å². The van der Waals surface area contributed by atoms with Crippen LogP contribution in [0.2, 0.25) is 0 Å². The summed E-state index contributed by atoms with van der Waals surface area (Å²) in [7, 11) is 1.92. The molecule has 0 aliphatic heterocycles. The van der Waals surface area contributed by atoms with Crippen LogP contribution in [0.5, 0.6) is 0 Å². The Morgan fingerprint density at radius 3 is 2.76 bits per heavy atom. The summed E-state index contributed by atoms with van der Waals surface area (Å²) in [6.45, 7) is 0.703. The summed E-state index contributed by atoms with van der Waals surface area (Å²) in [5.74, 6) is 0.729. The van der Waals surface area contributed by atoms with Crippen LogP contribution in [0.15, 0.2) is 36.9 Å². The molecule has 2 rings (SSSR count). The van der Waals surface area contributed by atoms with E-state index in [1.54, 1.807) is 12.4 Å². The van der Waals surface area contributed by atoms with Crippen LogP contribution >= 0.6 is 0 Å². The highest BCUT2D eigenvalue weighted by molar-refractivity contribution is 5.37. The van der Waals surface area contributed by atoms with E-state index in [-0.39, 0.29) is 0 Å². The Hall–Kier alpha value is -2.48. The number of aromatic nitrogens is 3. The summed E-state index contributed by atoms with van der Waals surface area (Å²) in [6.07, 6.45) is 6.61. The average Bonchev–Trinajstić information content (AvgIpc) is 2.40. The first-order valence-electron chi connectivity index (χ1n) is 5.12. The molecule has 0 saturated heterocycles. The molecular weight excluding hydrogens is 214 g/mol. The van der Waals surface area contributed by atoms with Gasteiger partial charge in [-0.1, -0.05) is 6.07 Å². The van der Waals surface area contributed by atoms with Gasteiger partial charge in [0.1, 0.15) is 11.9 Å². The van der Waals surface area contributed by atoms with Crippen molar-refractivity contribution >= 4 is 5.82 Å². The Kier molecular flexibility index (Phi) is 3.26. The third-order valence-corrected chi connectivity index (χ3v) is 2.29. The molecule has 0 aliphatic carbocycles. The van der Waals surface area contributed by atoms with Crippen molar-refractivity contribution in [3.05, 3.63) is 48.2 Å². The van der Waals surface area contributed by atoms with Gasteiger partial charge in [0.05, 0.1) is 12.4 Å². The first-order chi connectivity index (χ1) is 8.29. The maximum atomic E-state index is 8.63. The minimum Gasteiger partial charge on any atom is -0.354 e. The van der Waals surface area contributed by atoms with Crippen LogP contribution in [0.4, 0.5) is 5.82 Å². The molecule has 0 fully saturated rings. The van der Waals surface area contributed by atoms with E-state index in [4.69, 9.17) is 5.26 Å². The monoisotopic (exact) mass is 225 g/mol. The summed E-state index contributed by atoms with van der Waals surface area (Å²) >= 11 is 0. The zero-order chi connectivity index (χ0) is 12.1. The predicted molar refractivity (Wildman–Crippen MR) is 63.1 cm³/mol. The van der Waals surface area contributed by atoms with Crippen LogP contribution in [0.3, 0.4) is 0 Å². The molecule has 0 radical (unpaired) electrons. The van der Waals surface area contributed by atoms with Gasteiger partial charge in [-0.15, -0.1) is 0 Å². The second kappa shape index (κ2) is 5.03. The lowest BCUT2D eigenvalue weighted by atomic mass is 10.3. The Morgan fingerprint density at radius 2 is 2.18 bits per heavy atom. The summed E-state index contributed by atoms with van der Waals surface area (Å²) in [5.41, 5.74) is 1.42. The lowest BCUT2D eigenvalue weighted by Gasteiger charge is -2.17. The normalized spacial score (nSPS) is 9.65. The van der Waals surface area contributed by atoms with E-state index in [0.717, 1.165) is 11.4 Å². The van der Waals surface area contributed by atoms with Crippen molar-refractivity contribution in [1.29, 1.82) is 5.26 Å². The van der Waals surface area contributed by atoms with Gasteiger partial charge in [-0.05, 0) is 11.6 Å². The minimum absolute atomic E-state index is 0.323. The van der Waals surface area contributed by atoms with Crippen molar-refractivity contribution in [2.45, 2.75) is 6.54 Å². The average molecular weight is 225 g/mol. The highest BCUT2D eigenvalue weighted by atomic mass is 15.2. The standard InChI is InChI=1S/C12H11N5/c1-17(9-10-3-2-4-14-6-10)12-8-15-11(5-13)7-16-12/h2-4,6-8H,9H2,1H3. The molecule has 0 N–H and O–H groups in total. The fourth-order valence-electron chi connectivity index (χ4n) is 1.42. The molecule has 2 aromatic rings. The topological polar surface area (TPSA) is 65.7 Å². The van der Waals surface area contributed by atoms with Crippen LogP contribution < -0.4 is 4.90 Å². The summed E-state index contributed by atoms with van der Waals surface area (Å²) in [6, 6.07) is 5.84. The zero-order valence-corrected chi connectivity index (χ0v) is 9.41. The van der Waals surface area contributed by atoms with Gasteiger partial charge in [0.25, 0.3) is 0 Å². The van der Waals surface area contributed by atoms with Crippen LogP contribution in [-0.4, -0.2) is 22.0 Å². The van der Waals surface area contributed by atoms with E-state index in [2.05, 4.69) is 15.0 Å². The van der Waals surface area contributed by atoms with E-state index in [1.165, 1.54) is 6.20 Å². The van der Waals surface area contributed by atoms with Crippen molar-refractivity contribution < 1.29 is 0 Å². The first kappa shape index (κ1) is 11.0. The van der Waals surface area contributed by atoms with Gasteiger partial charge in [-0.25, -0.2) is 9.97 Å². The molecule has 0 bridgehead atoms. The van der Waals surface area contributed by atoms with E-state index in [0.29, 0.717) is 12.2 Å². The van der Waals surface area contributed by atoms with Crippen molar-refractivity contribution in [1.82, 2.24) is 15.0 Å². The molecule has 84 valence electrons. The Morgan fingerprint density at radius 1 is 1.29 bits per heavy atom. The molecule has 0 atom stereocenters. The van der Waals surface area contributed by atoms with Gasteiger partial charge in [-0.3, -0.25) is 4.98 Å². The number of hydrogen-bond donors (Lipinski definition) is 0. The molecule has 2 heterocycles. The van der Waals surface area contributed by atoms with Gasteiger partial charge >= 0.3 is 0 Å². The second-order valence-corrected chi connectivity index (χ2v) is 3.59. The predicted octanol–water partition coefficient (Wildman–Crippen LogP) is 1.38. The molecule has 0 aliphatic rings. The fraction of sp³-hybridized carbons (Fsp3) is 0.167. The number of nitrogens with zero attached hydrogens (tertiary/aromatic N) is 5. The van der Waals surface area contributed by atoms with Crippen LogP contribution in [0.1, 0.15) is 11.3 Å². The lowest BCUT2D eigenvalue weighted by Crippen LogP contribution is -2.18. The molecular formula is C12H11N5. The van der Waals surface area contributed by atoms with E-state index < -0.39 is 0 Å². The molecule has 0 saturated carbocycles. The molecule has 0 spiro atoms. The van der Waals surface area contributed by atoms with Crippen LogP contribution in [0.25, 0.3) is 0 Å². The Labute approximate surface area is 99.4 Å². The number of pyridine rings is 1. The Balaban J connectivity index is 2.10. The summed E-state index contributed by atoms with van der Waals surface area (Å²) in [5, 5.41) is 8.63. The van der Waals surface area contributed by atoms with E-state index >= 15 is 0 Å². The Bertz CT molecular complexity index is 515. The van der Waals surface area contributed by atoms with Crippen molar-refractivity contribution in [3.8, 4) is 6.07 Å². The largest absolute Gasteiger partial charge is 0.354 e. The number of hydrogen-bond acceptors (Lipinski definition) is 5. The quantitative estimate of drug-likeness (QED) is 0.789. The maximum Gasteiger partial charge on any atom is 0.158 e. The van der Waals surface area contributed by atoms with Crippen LogP contribution in [0, 0.1) is 11.3 Å².